The Morgan fingerprint density at radius 1 is 0.524 bits per heavy atom. The molecular weight excluding hydrogens is 1020 g/mol. The van der Waals surface area contributed by atoms with E-state index in [2.05, 4.69) is 57.8 Å². The van der Waals surface area contributed by atoms with E-state index in [9.17, 15) is 14.4 Å². The zero-order valence-electron chi connectivity index (χ0n) is 46.4. The average Bonchev–Trinajstić information content (AvgIpc) is 2.45. The van der Waals surface area contributed by atoms with Gasteiger partial charge in [-0.1, -0.05) is 220 Å². The number of carbonyl (C=O) groups is 3. The minimum absolute atomic E-state index is 0.0360. The van der Waals surface area contributed by atoms with Crippen molar-refractivity contribution in [2.75, 3.05) is 19.8 Å². The number of aliphatic hydroxyl groups excluding tert-OH is 2. The molecule has 0 saturated carbocycles. The number of fused-ring (bicyclic) bond motifs is 9. The van der Waals surface area contributed by atoms with Crippen LogP contribution in [0.4, 0.5) is 0 Å². The number of hydrogen-bond acceptors (Lipinski definition) is 8. The third kappa shape index (κ3) is 10.7. The SMILES string of the molecule is C=CC=C.C=c1cccc/c1=C\O.C[C@@]12CO[C@@H](c3ccccc3)N1C(=O)c1cc3ccccc3cc12.C[C@@]12CO[C@@H](c3ccccc3)N1C(=O)c1ccccc12.C[C@]12C=CC(=O)N1[C@H](c1ccccc1)OC2.OC1Cc2ccccc21. The van der Waals surface area contributed by atoms with Gasteiger partial charge in [-0.25, -0.2) is 0 Å². The van der Waals surface area contributed by atoms with Crippen LogP contribution in [0.3, 0.4) is 0 Å². The molecule has 3 fully saturated rings. The minimum Gasteiger partial charge on any atom is -0.515 e. The molecule has 0 bridgehead atoms. The molecular formula is C71H67N3O8. The molecule has 7 aliphatic rings. The first-order valence-corrected chi connectivity index (χ1v) is 27.4. The van der Waals surface area contributed by atoms with E-state index in [0.29, 0.717) is 19.8 Å². The van der Waals surface area contributed by atoms with Crippen LogP contribution in [-0.4, -0.2) is 68.0 Å². The maximum absolute atomic E-state index is 13.2. The number of amides is 3. The summed E-state index contributed by atoms with van der Waals surface area (Å²) in [5, 5.41) is 21.5. The third-order valence-corrected chi connectivity index (χ3v) is 16.0. The second-order valence-corrected chi connectivity index (χ2v) is 21.5. The van der Waals surface area contributed by atoms with Crippen molar-refractivity contribution >= 4 is 41.3 Å². The van der Waals surface area contributed by atoms with Crippen molar-refractivity contribution in [3.05, 3.63) is 298 Å². The van der Waals surface area contributed by atoms with Crippen molar-refractivity contribution in [1.82, 2.24) is 14.7 Å². The number of nitrogens with zero attached hydrogens (tertiary/aromatic N) is 3. The summed E-state index contributed by atoms with van der Waals surface area (Å²) < 4.78 is 17.7. The first kappa shape index (κ1) is 56.3. The summed E-state index contributed by atoms with van der Waals surface area (Å²) in [5.41, 5.74) is 8.21. The fraction of sp³-hybridized carbons (Fsp3) is 0.197. The van der Waals surface area contributed by atoms with Crippen molar-refractivity contribution in [2.45, 2.75) is 68.6 Å². The van der Waals surface area contributed by atoms with E-state index in [0.717, 1.165) is 78.4 Å². The number of ether oxygens (including phenoxy) is 3. The van der Waals surface area contributed by atoms with Crippen LogP contribution in [0.1, 0.15) is 105 Å². The van der Waals surface area contributed by atoms with Gasteiger partial charge in [0.2, 0.25) is 5.91 Å². The number of benzene rings is 8. The minimum atomic E-state index is -0.406. The van der Waals surface area contributed by atoms with E-state index >= 15 is 0 Å². The summed E-state index contributed by atoms with van der Waals surface area (Å²) in [4.78, 5) is 43.3. The van der Waals surface area contributed by atoms with Crippen LogP contribution >= 0.6 is 0 Å². The molecule has 8 aromatic rings. The predicted molar refractivity (Wildman–Crippen MR) is 321 cm³/mol. The maximum Gasteiger partial charge on any atom is 0.257 e. The molecule has 7 atom stereocenters. The Morgan fingerprint density at radius 3 is 1.51 bits per heavy atom. The van der Waals surface area contributed by atoms with Gasteiger partial charge in [0, 0.05) is 45.5 Å². The molecule has 0 radical (unpaired) electrons. The first-order chi connectivity index (χ1) is 39.7. The van der Waals surface area contributed by atoms with Gasteiger partial charge in [-0.3, -0.25) is 29.1 Å². The second kappa shape index (κ2) is 24.0. The van der Waals surface area contributed by atoms with Crippen LogP contribution in [0.5, 0.6) is 0 Å². The van der Waals surface area contributed by atoms with Gasteiger partial charge in [-0.05, 0) is 77.2 Å². The van der Waals surface area contributed by atoms with E-state index in [1.165, 1.54) is 5.56 Å². The van der Waals surface area contributed by atoms with E-state index in [4.69, 9.17) is 24.4 Å². The quantitative estimate of drug-likeness (QED) is 0.167. The van der Waals surface area contributed by atoms with Gasteiger partial charge < -0.3 is 24.4 Å². The number of hydrogen-bond donors (Lipinski definition) is 2. The molecule has 11 nitrogen and oxygen atoms in total. The lowest BCUT2D eigenvalue weighted by Crippen LogP contribution is -2.41. The summed E-state index contributed by atoms with van der Waals surface area (Å²) in [7, 11) is 0. The molecule has 414 valence electrons. The van der Waals surface area contributed by atoms with E-state index < -0.39 is 5.54 Å². The highest BCUT2D eigenvalue weighted by molar-refractivity contribution is 6.04. The van der Waals surface area contributed by atoms with Crippen LogP contribution in [0.25, 0.3) is 23.6 Å². The third-order valence-electron chi connectivity index (χ3n) is 16.0. The molecule has 3 amide bonds. The van der Waals surface area contributed by atoms with Crippen LogP contribution in [0.15, 0.2) is 238 Å². The van der Waals surface area contributed by atoms with Gasteiger partial charge in [0.15, 0.2) is 18.7 Å². The van der Waals surface area contributed by atoms with Gasteiger partial charge in [-0.15, -0.1) is 0 Å². The molecule has 1 aliphatic carbocycles. The van der Waals surface area contributed by atoms with Crippen LogP contribution in [0.2, 0.25) is 0 Å². The fourth-order valence-corrected chi connectivity index (χ4v) is 11.6. The summed E-state index contributed by atoms with van der Waals surface area (Å²) in [6.45, 7) is 18.3. The standard InChI is InChI=1S/C21H17NO2.C17H15NO2.C13H13NO2.2C8H8O.C4H6/c1-21-13-24-20(14-7-3-2-4-8-14)22(21)19(23)17-11-15-9-5-6-10-16(15)12-18(17)21;1-17-11-20-16(12-7-3-2-4-8-12)18(17)15(19)13-9-5-6-10-14(13)17;1-13-8-7-11(15)14(13)12(16-9-13)10-5-3-2-4-6-10;9-8-5-6-3-1-2-4-7(6)8;1-7-4-2-3-5-8(7)6-9;1-3-4-2/h2-12,20H,13H2,1H3;2-10,16H,11H2,1H3;2-8,12H,9H2,1H3;1-4,8-9H,5H2;2-6,9H,1H2;3-4H,1-2H2/b;;;;8-6+;/t20-,21-;16-,17-;12-,13+;;;/m000.../s1. The molecule has 15 rings (SSSR count). The molecule has 2 N–H and O–H groups in total. The number of carbonyl (C=O) groups excluding carboxylic acids is 3. The zero-order valence-corrected chi connectivity index (χ0v) is 46.4. The normalized spacial score (nSPS) is 24.4. The molecule has 0 aromatic heterocycles. The molecule has 1 unspecified atom stereocenters. The Balaban J connectivity index is 0.000000118. The molecule has 3 saturated heterocycles. The van der Waals surface area contributed by atoms with Gasteiger partial charge in [-0.2, -0.15) is 0 Å². The lowest BCUT2D eigenvalue weighted by Gasteiger charge is -2.30. The lowest BCUT2D eigenvalue weighted by atomic mass is 9.86. The van der Waals surface area contributed by atoms with E-state index in [1.54, 1.807) is 18.2 Å². The summed E-state index contributed by atoms with van der Waals surface area (Å²) in [6, 6.07) is 65.4. The van der Waals surface area contributed by atoms with Crippen molar-refractivity contribution in [3.63, 3.8) is 0 Å². The van der Waals surface area contributed by atoms with Gasteiger partial charge in [0.25, 0.3) is 11.8 Å². The topological polar surface area (TPSA) is 129 Å². The summed E-state index contributed by atoms with van der Waals surface area (Å²) in [5.74, 6) is 0.160. The Morgan fingerprint density at radius 2 is 0.988 bits per heavy atom. The van der Waals surface area contributed by atoms with Crippen molar-refractivity contribution < 1.29 is 38.8 Å². The second-order valence-electron chi connectivity index (χ2n) is 21.5. The molecule has 6 heterocycles. The van der Waals surface area contributed by atoms with Gasteiger partial charge >= 0.3 is 0 Å². The smallest absolute Gasteiger partial charge is 0.257 e. The monoisotopic (exact) mass is 1090 g/mol. The van der Waals surface area contributed by atoms with Crippen molar-refractivity contribution in [2.24, 2.45) is 0 Å². The van der Waals surface area contributed by atoms with Crippen molar-refractivity contribution in [1.29, 1.82) is 0 Å². The first-order valence-electron chi connectivity index (χ1n) is 27.4. The average molecular weight is 1090 g/mol. The molecule has 82 heavy (non-hydrogen) atoms. The lowest BCUT2D eigenvalue weighted by molar-refractivity contribution is -0.132. The highest BCUT2D eigenvalue weighted by Crippen LogP contribution is 2.52. The van der Waals surface area contributed by atoms with Crippen molar-refractivity contribution in [3.8, 4) is 0 Å². The van der Waals surface area contributed by atoms with Crippen LogP contribution < -0.4 is 10.4 Å². The molecule has 11 heteroatoms. The van der Waals surface area contributed by atoms with E-state index in [-0.39, 0.29) is 53.6 Å². The highest BCUT2D eigenvalue weighted by Gasteiger charge is 2.56. The molecule has 8 aromatic carbocycles. The fourth-order valence-electron chi connectivity index (χ4n) is 11.6. The summed E-state index contributed by atoms with van der Waals surface area (Å²) in [6.07, 6.45) is 7.71. The number of rotatable bonds is 4. The maximum atomic E-state index is 13.2. The highest BCUT2D eigenvalue weighted by atomic mass is 16.5. The van der Waals surface area contributed by atoms with Crippen LogP contribution in [-0.2, 0) is 36.5 Å². The van der Waals surface area contributed by atoms with E-state index in [1.807, 2.05) is 204 Å². The number of allylic oxidation sites excluding steroid dienone is 2. The van der Waals surface area contributed by atoms with Crippen LogP contribution in [0, 0.1) is 0 Å². The Labute approximate surface area is 479 Å². The largest absolute Gasteiger partial charge is 0.515 e. The zero-order chi connectivity index (χ0) is 57.6. The summed E-state index contributed by atoms with van der Waals surface area (Å²) >= 11 is 0. The Bertz CT molecular complexity index is 3790. The molecule has 6 aliphatic heterocycles. The van der Waals surface area contributed by atoms with Gasteiger partial charge in [0.1, 0.15) is 0 Å². The van der Waals surface area contributed by atoms with Gasteiger partial charge in [0.05, 0.1) is 48.8 Å². The number of aliphatic hydroxyl groups is 2. The molecule has 0 spiro atoms. The Hall–Kier alpha value is -8.97. The predicted octanol–water partition coefficient (Wildman–Crippen LogP) is 12.2. The Kier molecular flexibility index (Phi) is 16.5.